The summed E-state index contributed by atoms with van der Waals surface area (Å²) < 4.78 is 26.5. The molecule has 1 aromatic rings. The van der Waals surface area contributed by atoms with Gasteiger partial charge >= 0.3 is 5.97 Å². The van der Waals surface area contributed by atoms with Gasteiger partial charge in [0.2, 0.25) is 10.0 Å². The number of carboxylic acid groups (broad SMARTS) is 1. The molecule has 21 heavy (non-hydrogen) atoms. The SMILES string of the molecule is Cc1ccc(S(=O)(=O)NC(C)CCC(=O)O)cc1[N+](=O)[O-]. The Morgan fingerprint density at radius 2 is 2.10 bits per heavy atom. The van der Waals surface area contributed by atoms with Gasteiger partial charge in [-0.2, -0.15) is 0 Å². The largest absolute Gasteiger partial charge is 0.481 e. The van der Waals surface area contributed by atoms with E-state index in [1.807, 2.05) is 0 Å². The molecular weight excluding hydrogens is 300 g/mol. The third-order valence-electron chi connectivity index (χ3n) is 2.84. The molecule has 0 fully saturated rings. The van der Waals surface area contributed by atoms with Crippen LogP contribution in [0.5, 0.6) is 0 Å². The van der Waals surface area contributed by atoms with Crippen LogP contribution in [0.3, 0.4) is 0 Å². The molecule has 1 atom stereocenters. The number of nitrogens with zero attached hydrogens (tertiary/aromatic N) is 1. The minimum atomic E-state index is -3.93. The van der Waals surface area contributed by atoms with E-state index >= 15 is 0 Å². The zero-order valence-electron chi connectivity index (χ0n) is 11.6. The summed E-state index contributed by atoms with van der Waals surface area (Å²) in [5.74, 6) is -1.02. The molecule has 0 saturated heterocycles. The maximum Gasteiger partial charge on any atom is 0.303 e. The first-order valence-electron chi connectivity index (χ1n) is 6.12. The fourth-order valence-corrected chi connectivity index (χ4v) is 2.98. The van der Waals surface area contributed by atoms with E-state index in [9.17, 15) is 23.3 Å². The average molecular weight is 316 g/mol. The number of hydrogen-bond donors (Lipinski definition) is 2. The van der Waals surface area contributed by atoms with Gasteiger partial charge in [0.15, 0.2) is 0 Å². The first-order chi connectivity index (χ1) is 9.63. The average Bonchev–Trinajstić information content (AvgIpc) is 2.35. The number of sulfonamides is 1. The predicted octanol–water partition coefficient (Wildman–Crippen LogP) is 1.43. The van der Waals surface area contributed by atoms with Crippen molar-refractivity contribution >= 4 is 21.7 Å². The predicted molar refractivity (Wildman–Crippen MR) is 74.5 cm³/mol. The Bertz CT molecular complexity index is 656. The van der Waals surface area contributed by atoms with Gasteiger partial charge in [-0.05, 0) is 26.3 Å². The topological polar surface area (TPSA) is 127 Å². The number of aryl methyl sites for hydroxylation is 1. The maximum absolute atomic E-state index is 12.1. The Labute approximate surface area is 122 Å². The molecule has 0 aromatic heterocycles. The van der Waals surface area contributed by atoms with Gasteiger partial charge in [0.25, 0.3) is 5.69 Å². The maximum atomic E-state index is 12.1. The van der Waals surface area contributed by atoms with Crippen molar-refractivity contribution < 1.29 is 23.2 Å². The van der Waals surface area contributed by atoms with Crippen LogP contribution in [0.2, 0.25) is 0 Å². The number of rotatable bonds is 7. The lowest BCUT2D eigenvalue weighted by atomic mass is 10.2. The van der Waals surface area contributed by atoms with E-state index in [0.29, 0.717) is 5.56 Å². The molecule has 116 valence electrons. The first kappa shape index (κ1) is 17.1. The number of carbonyl (C=O) groups is 1. The molecule has 8 nitrogen and oxygen atoms in total. The van der Waals surface area contributed by atoms with E-state index in [2.05, 4.69) is 4.72 Å². The number of nitrogens with one attached hydrogen (secondary N) is 1. The molecule has 1 rings (SSSR count). The number of aliphatic carboxylic acids is 1. The molecule has 0 aliphatic carbocycles. The number of carboxylic acids is 1. The van der Waals surface area contributed by atoms with Gasteiger partial charge in [-0.15, -0.1) is 0 Å². The van der Waals surface area contributed by atoms with Gasteiger partial charge in [-0.25, -0.2) is 13.1 Å². The third-order valence-corrected chi connectivity index (χ3v) is 4.42. The minimum absolute atomic E-state index is 0.127. The van der Waals surface area contributed by atoms with Crippen molar-refractivity contribution in [2.24, 2.45) is 0 Å². The Balaban J connectivity index is 2.95. The lowest BCUT2D eigenvalue weighted by molar-refractivity contribution is -0.385. The lowest BCUT2D eigenvalue weighted by Gasteiger charge is -2.13. The van der Waals surface area contributed by atoms with Gasteiger partial charge < -0.3 is 5.11 Å². The van der Waals surface area contributed by atoms with Gasteiger partial charge in [-0.1, -0.05) is 6.07 Å². The molecule has 0 saturated carbocycles. The highest BCUT2D eigenvalue weighted by atomic mass is 32.2. The normalized spacial score (nSPS) is 12.9. The Morgan fingerprint density at radius 3 is 2.62 bits per heavy atom. The van der Waals surface area contributed by atoms with Crippen molar-refractivity contribution in [3.05, 3.63) is 33.9 Å². The zero-order chi connectivity index (χ0) is 16.2. The first-order valence-corrected chi connectivity index (χ1v) is 7.61. The zero-order valence-corrected chi connectivity index (χ0v) is 12.4. The second-order valence-electron chi connectivity index (χ2n) is 4.66. The summed E-state index contributed by atoms with van der Waals surface area (Å²) in [6.07, 6.45) is -0.0414. The second-order valence-corrected chi connectivity index (χ2v) is 6.37. The van der Waals surface area contributed by atoms with E-state index in [0.717, 1.165) is 6.07 Å². The van der Waals surface area contributed by atoms with E-state index in [1.54, 1.807) is 0 Å². The van der Waals surface area contributed by atoms with Crippen LogP contribution in [0.15, 0.2) is 23.1 Å². The van der Waals surface area contributed by atoms with Crippen LogP contribution in [0.4, 0.5) is 5.69 Å². The third kappa shape index (κ3) is 4.80. The lowest BCUT2D eigenvalue weighted by Crippen LogP contribution is -2.33. The van der Waals surface area contributed by atoms with E-state index in [4.69, 9.17) is 5.11 Å². The van der Waals surface area contributed by atoms with Crippen molar-refractivity contribution in [1.29, 1.82) is 0 Å². The molecular formula is C12H16N2O6S. The Kier molecular flexibility index (Phi) is 5.39. The summed E-state index contributed by atoms with van der Waals surface area (Å²) >= 11 is 0. The number of nitro groups is 1. The molecule has 0 aliphatic rings. The van der Waals surface area contributed by atoms with Crippen molar-refractivity contribution in [1.82, 2.24) is 4.72 Å². The Morgan fingerprint density at radius 1 is 1.48 bits per heavy atom. The van der Waals surface area contributed by atoms with Crippen molar-refractivity contribution in [3.63, 3.8) is 0 Å². The van der Waals surface area contributed by atoms with Crippen LogP contribution in [0.25, 0.3) is 0 Å². The van der Waals surface area contributed by atoms with Crippen LogP contribution in [0.1, 0.15) is 25.3 Å². The standard InChI is InChI=1S/C12H16N2O6S/c1-8-3-5-10(7-11(8)14(17)18)21(19,20)13-9(2)4-6-12(15)16/h3,5,7,9,13H,4,6H2,1-2H3,(H,15,16). The molecule has 0 spiro atoms. The molecule has 9 heteroatoms. The number of nitro benzene ring substituents is 1. The molecule has 0 heterocycles. The molecule has 0 amide bonds. The summed E-state index contributed by atoms with van der Waals surface area (Å²) in [7, 11) is -3.93. The van der Waals surface area contributed by atoms with Gasteiger partial charge in [-0.3, -0.25) is 14.9 Å². The number of benzene rings is 1. The summed E-state index contributed by atoms with van der Waals surface area (Å²) in [4.78, 5) is 20.4. The molecule has 0 aliphatic heterocycles. The van der Waals surface area contributed by atoms with Crippen LogP contribution in [-0.2, 0) is 14.8 Å². The molecule has 1 unspecified atom stereocenters. The molecule has 1 aromatic carbocycles. The van der Waals surface area contributed by atoms with Crippen molar-refractivity contribution in [2.45, 2.75) is 37.6 Å². The van der Waals surface area contributed by atoms with Gasteiger partial charge in [0.05, 0.1) is 9.82 Å². The van der Waals surface area contributed by atoms with Crippen LogP contribution < -0.4 is 4.72 Å². The summed E-state index contributed by atoms with van der Waals surface area (Å²) in [5, 5.41) is 19.4. The molecule has 2 N–H and O–H groups in total. The van der Waals surface area contributed by atoms with Crippen LogP contribution >= 0.6 is 0 Å². The smallest absolute Gasteiger partial charge is 0.303 e. The monoisotopic (exact) mass is 316 g/mol. The van der Waals surface area contributed by atoms with Crippen molar-refractivity contribution in [3.8, 4) is 0 Å². The Hall–Kier alpha value is -2.00. The fourth-order valence-electron chi connectivity index (χ4n) is 1.68. The van der Waals surface area contributed by atoms with E-state index in [1.165, 1.54) is 26.0 Å². The van der Waals surface area contributed by atoms with Crippen LogP contribution in [-0.4, -0.2) is 30.5 Å². The highest BCUT2D eigenvalue weighted by Crippen LogP contribution is 2.22. The molecule has 0 radical (unpaired) electrons. The quantitative estimate of drug-likeness (QED) is 0.579. The highest BCUT2D eigenvalue weighted by Gasteiger charge is 2.21. The highest BCUT2D eigenvalue weighted by molar-refractivity contribution is 7.89. The summed E-state index contributed by atoms with van der Waals surface area (Å²) in [6, 6.07) is 3.02. The van der Waals surface area contributed by atoms with E-state index < -0.39 is 27.0 Å². The summed E-state index contributed by atoms with van der Waals surface area (Å²) in [5.41, 5.74) is 0.0777. The fraction of sp³-hybridized carbons (Fsp3) is 0.417. The van der Waals surface area contributed by atoms with E-state index in [-0.39, 0.29) is 23.4 Å². The molecule has 0 bridgehead atoms. The van der Waals surface area contributed by atoms with Crippen molar-refractivity contribution in [2.75, 3.05) is 0 Å². The van der Waals surface area contributed by atoms with Crippen LogP contribution in [0, 0.1) is 17.0 Å². The summed E-state index contributed by atoms with van der Waals surface area (Å²) in [6.45, 7) is 3.04. The van der Waals surface area contributed by atoms with Gasteiger partial charge in [0.1, 0.15) is 0 Å². The minimum Gasteiger partial charge on any atom is -0.481 e. The van der Waals surface area contributed by atoms with Gasteiger partial charge in [0, 0.05) is 24.1 Å². The second kappa shape index (κ2) is 6.64. The number of hydrogen-bond acceptors (Lipinski definition) is 5.